The third kappa shape index (κ3) is 2.70. The summed E-state index contributed by atoms with van der Waals surface area (Å²) < 4.78 is 7.07. The smallest absolute Gasteiger partial charge is 0.201 e. The molecule has 0 N–H and O–H groups in total. The Bertz CT molecular complexity index is 476. The largest absolute Gasteiger partial charge is 0.405 e. The maximum Gasteiger partial charge on any atom is 0.201 e. The van der Waals surface area contributed by atoms with E-state index in [0.29, 0.717) is 16.6 Å². The van der Waals surface area contributed by atoms with Crippen LogP contribution in [0.4, 0.5) is 0 Å². The van der Waals surface area contributed by atoms with Gasteiger partial charge in [-0.15, -0.1) is 0 Å². The second-order valence-corrected chi connectivity index (χ2v) is 13.0. The van der Waals surface area contributed by atoms with Crippen LogP contribution in [0.3, 0.4) is 0 Å². The van der Waals surface area contributed by atoms with Crippen molar-refractivity contribution in [1.82, 2.24) is 4.98 Å². The first kappa shape index (κ1) is 16.7. The number of nitrogens with zero attached hydrogens (tertiary/aromatic N) is 1. The van der Waals surface area contributed by atoms with Crippen molar-refractivity contribution < 1.29 is 4.43 Å². The maximum atomic E-state index is 7.07. The quantitative estimate of drug-likeness (QED) is 0.676. The van der Waals surface area contributed by atoms with Gasteiger partial charge in [0.2, 0.25) is 8.32 Å². The summed E-state index contributed by atoms with van der Waals surface area (Å²) >= 11 is 0. The molecule has 1 aromatic rings. The summed E-state index contributed by atoms with van der Waals surface area (Å²) in [6.45, 7) is 16.4. The first-order chi connectivity index (χ1) is 9.74. The van der Waals surface area contributed by atoms with Crippen molar-refractivity contribution in [2.75, 3.05) is 0 Å². The van der Waals surface area contributed by atoms with Crippen molar-refractivity contribution >= 4 is 8.32 Å². The van der Waals surface area contributed by atoms with E-state index < -0.39 is 8.32 Å². The van der Waals surface area contributed by atoms with Gasteiger partial charge in [-0.05, 0) is 48.0 Å². The molecule has 0 aliphatic heterocycles. The molecule has 0 saturated carbocycles. The lowest BCUT2D eigenvalue weighted by Crippen LogP contribution is -2.52. The van der Waals surface area contributed by atoms with Gasteiger partial charge in [-0.3, -0.25) is 4.98 Å². The van der Waals surface area contributed by atoms with Crippen LogP contribution in [-0.4, -0.2) is 13.3 Å². The van der Waals surface area contributed by atoms with Crippen LogP contribution in [0.15, 0.2) is 18.3 Å². The molecule has 21 heavy (non-hydrogen) atoms. The lowest BCUT2D eigenvalue weighted by Gasteiger charge is -2.47. The standard InChI is InChI=1S/C18H31NOSi/c1-13(2)21(14(3)4,15(5)6)20-18(7)11-10-16-9-8-12-19-17(16)18/h8-9,12-15H,10-11H2,1-7H3/t18-/m1/s1. The summed E-state index contributed by atoms with van der Waals surface area (Å²) in [4.78, 5) is 4.67. The van der Waals surface area contributed by atoms with Crippen molar-refractivity contribution in [3.8, 4) is 0 Å². The zero-order valence-corrected chi connectivity index (χ0v) is 15.7. The van der Waals surface area contributed by atoms with Crippen molar-refractivity contribution in [3.05, 3.63) is 29.6 Å². The SMILES string of the molecule is CC(C)[Si](O[C@]1(C)CCc2cccnc21)(C(C)C)C(C)C. The van der Waals surface area contributed by atoms with Gasteiger partial charge in [0.15, 0.2) is 0 Å². The van der Waals surface area contributed by atoms with E-state index in [9.17, 15) is 0 Å². The number of fused-ring (bicyclic) bond motifs is 1. The molecule has 1 atom stereocenters. The molecule has 1 heterocycles. The minimum atomic E-state index is -1.87. The van der Waals surface area contributed by atoms with E-state index in [0.717, 1.165) is 12.8 Å². The van der Waals surface area contributed by atoms with Gasteiger partial charge in [0.1, 0.15) is 0 Å². The molecule has 0 fully saturated rings. The molecule has 0 spiro atoms. The van der Waals surface area contributed by atoms with Gasteiger partial charge in [-0.1, -0.05) is 47.6 Å². The Balaban J connectivity index is 2.42. The predicted octanol–water partition coefficient (Wildman–Crippen LogP) is 5.44. The second-order valence-electron chi connectivity index (χ2n) is 7.66. The van der Waals surface area contributed by atoms with Crippen LogP contribution in [0.1, 0.15) is 66.1 Å². The Kier molecular flexibility index (Phi) is 4.65. The second kappa shape index (κ2) is 5.84. The molecule has 0 amide bonds. The van der Waals surface area contributed by atoms with Gasteiger partial charge in [0.05, 0.1) is 11.3 Å². The summed E-state index contributed by atoms with van der Waals surface area (Å²) in [6.07, 6.45) is 4.08. The van der Waals surface area contributed by atoms with E-state index in [1.807, 2.05) is 12.3 Å². The molecule has 0 bridgehead atoms. The Morgan fingerprint density at radius 3 is 2.19 bits per heavy atom. The van der Waals surface area contributed by atoms with Crippen LogP contribution in [0.5, 0.6) is 0 Å². The average Bonchev–Trinajstić information content (AvgIpc) is 2.73. The highest BCUT2D eigenvalue weighted by molar-refractivity contribution is 6.77. The topological polar surface area (TPSA) is 22.1 Å². The molecule has 2 nitrogen and oxygen atoms in total. The number of hydrogen-bond donors (Lipinski definition) is 0. The van der Waals surface area contributed by atoms with Gasteiger partial charge in [-0.25, -0.2) is 0 Å². The van der Waals surface area contributed by atoms with E-state index >= 15 is 0 Å². The van der Waals surface area contributed by atoms with Crippen LogP contribution in [0, 0.1) is 0 Å². The number of aromatic nitrogens is 1. The van der Waals surface area contributed by atoms with Crippen molar-refractivity contribution in [1.29, 1.82) is 0 Å². The molecule has 118 valence electrons. The summed E-state index contributed by atoms with van der Waals surface area (Å²) in [7, 11) is -1.87. The number of aryl methyl sites for hydroxylation is 1. The van der Waals surface area contributed by atoms with Crippen LogP contribution in [0.25, 0.3) is 0 Å². The van der Waals surface area contributed by atoms with Gasteiger partial charge in [-0.2, -0.15) is 0 Å². The molecular weight excluding hydrogens is 274 g/mol. The van der Waals surface area contributed by atoms with E-state index in [4.69, 9.17) is 4.43 Å². The lowest BCUT2D eigenvalue weighted by atomic mass is 10.0. The fourth-order valence-corrected chi connectivity index (χ4v) is 10.1. The molecule has 0 aromatic carbocycles. The fourth-order valence-electron chi connectivity index (χ4n) is 4.45. The molecule has 1 aliphatic carbocycles. The van der Waals surface area contributed by atoms with Crippen LogP contribution >= 0.6 is 0 Å². The Hall–Kier alpha value is -0.673. The lowest BCUT2D eigenvalue weighted by molar-refractivity contribution is 0.0624. The van der Waals surface area contributed by atoms with Gasteiger partial charge in [0, 0.05) is 6.20 Å². The molecule has 1 aromatic heterocycles. The maximum absolute atomic E-state index is 7.07. The fraction of sp³-hybridized carbons (Fsp3) is 0.722. The minimum Gasteiger partial charge on any atom is -0.405 e. The third-order valence-corrected chi connectivity index (χ3v) is 11.6. The van der Waals surface area contributed by atoms with Crippen LogP contribution in [-0.2, 0) is 16.4 Å². The van der Waals surface area contributed by atoms with E-state index in [2.05, 4.69) is 59.5 Å². The molecule has 2 rings (SSSR count). The average molecular weight is 306 g/mol. The van der Waals surface area contributed by atoms with E-state index in [-0.39, 0.29) is 5.60 Å². The number of pyridine rings is 1. The Morgan fingerprint density at radius 1 is 1.10 bits per heavy atom. The van der Waals surface area contributed by atoms with Crippen LogP contribution in [0.2, 0.25) is 16.6 Å². The zero-order valence-electron chi connectivity index (χ0n) is 14.7. The highest BCUT2D eigenvalue weighted by atomic mass is 28.4. The summed E-state index contributed by atoms with van der Waals surface area (Å²) in [6, 6.07) is 4.25. The molecular formula is C18H31NOSi. The van der Waals surface area contributed by atoms with Gasteiger partial charge >= 0.3 is 0 Å². The van der Waals surface area contributed by atoms with Crippen molar-refractivity contribution in [3.63, 3.8) is 0 Å². The number of hydrogen-bond acceptors (Lipinski definition) is 2. The van der Waals surface area contributed by atoms with E-state index in [1.165, 1.54) is 11.3 Å². The molecule has 0 radical (unpaired) electrons. The molecule has 1 aliphatic rings. The monoisotopic (exact) mass is 305 g/mol. The zero-order chi connectivity index (χ0) is 15.8. The van der Waals surface area contributed by atoms with Crippen molar-refractivity contribution in [2.24, 2.45) is 0 Å². The highest BCUT2D eigenvalue weighted by Crippen LogP contribution is 2.49. The first-order valence-electron chi connectivity index (χ1n) is 8.38. The first-order valence-corrected chi connectivity index (χ1v) is 10.5. The normalized spacial score (nSPS) is 22.4. The summed E-state index contributed by atoms with van der Waals surface area (Å²) in [5.41, 5.74) is 4.20. The number of rotatable bonds is 5. The molecule has 3 heteroatoms. The predicted molar refractivity (Wildman–Crippen MR) is 92.0 cm³/mol. The molecule has 0 saturated heterocycles. The van der Waals surface area contributed by atoms with Crippen molar-refractivity contribution in [2.45, 2.75) is 83.5 Å². The summed E-state index contributed by atoms with van der Waals surface area (Å²) in [5, 5.41) is 0. The summed E-state index contributed by atoms with van der Waals surface area (Å²) in [5.74, 6) is 0. The van der Waals surface area contributed by atoms with Crippen LogP contribution < -0.4 is 0 Å². The van der Waals surface area contributed by atoms with Gasteiger partial charge < -0.3 is 4.43 Å². The Labute approximate surface area is 131 Å². The third-order valence-electron chi connectivity index (χ3n) is 5.37. The van der Waals surface area contributed by atoms with Gasteiger partial charge in [0.25, 0.3) is 0 Å². The van der Waals surface area contributed by atoms with E-state index in [1.54, 1.807) is 0 Å². The Morgan fingerprint density at radius 2 is 1.67 bits per heavy atom. The molecule has 0 unspecified atom stereocenters. The minimum absolute atomic E-state index is 0.193. The highest BCUT2D eigenvalue weighted by Gasteiger charge is 2.51.